The quantitative estimate of drug-likeness (QED) is 0.766. The molecule has 1 heteroatoms. The molecular weight excluding hydrogens is 206 g/mol. The average Bonchev–Trinajstić information content (AvgIpc) is 2.70. The molecule has 17 heavy (non-hydrogen) atoms. The number of benzene rings is 1. The van der Waals surface area contributed by atoms with E-state index in [4.69, 9.17) is 0 Å². The fourth-order valence-electron chi connectivity index (χ4n) is 3.23. The van der Waals surface area contributed by atoms with Crippen molar-refractivity contribution in [1.82, 2.24) is 0 Å². The van der Waals surface area contributed by atoms with Crippen LogP contribution in [0.25, 0.3) is 0 Å². The lowest BCUT2D eigenvalue weighted by atomic mass is 9.71. The molecule has 0 spiro atoms. The molecule has 0 aromatic heterocycles. The monoisotopic (exact) mass is 227 g/mol. The van der Waals surface area contributed by atoms with Gasteiger partial charge in [-0.2, -0.15) is 0 Å². The van der Waals surface area contributed by atoms with Gasteiger partial charge in [0, 0.05) is 17.6 Å². The molecular formula is C16H21N. The van der Waals surface area contributed by atoms with Crippen LogP contribution in [0.2, 0.25) is 0 Å². The van der Waals surface area contributed by atoms with Gasteiger partial charge in [0.15, 0.2) is 0 Å². The van der Waals surface area contributed by atoms with Gasteiger partial charge in [0.05, 0.1) is 0 Å². The standard InChI is InChI=1S/C16H21N/c1-2-6-12-7-3-4-10-15(12)17-16-11-13-8-5-9-14(13)16/h3-5,7,9-10,13-14,16-17H,2,6,8,11H2,1H3. The highest BCUT2D eigenvalue weighted by atomic mass is 15.0. The number of allylic oxidation sites excluding steroid dienone is 1. The second-order valence-electron chi connectivity index (χ2n) is 5.39. The maximum absolute atomic E-state index is 3.75. The van der Waals surface area contributed by atoms with Crippen molar-refractivity contribution in [3.63, 3.8) is 0 Å². The lowest BCUT2D eigenvalue weighted by molar-refractivity contribution is 0.218. The van der Waals surface area contributed by atoms with Crippen LogP contribution in [0.5, 0.6) is 0 Å². The van der Waals surface area contributed by atoms with E-state index in [2.05, 4.69) is 48.7 Å². The first kappa shape index (κ1) is 10.9. The van der Waals surface area contributed by atoms with Gasteiger partial charge in [-0.05, 0) is 36.8 Å². The normalized spacial score (nSPS) is 29.8. The SMILES string of the molecule is CCCc1ccccc1NC1CC2CC=CC21. The zero-order valence-electron chi connectivity index (χ0n) is 10.5. The third-order valence-electron chi connectivity index (χ3n) is 4.24. The summed E-state index contributed by atoms with van der Waals surface area (Å²) in [7, 11) is 0. The van der Waals surface area contributed by atoms with Crippen molar-refractivity contribution in [2.24, 2.45) is 11.8 Å². The van der Waals surface area contributed by atoms with Gasteiger partial charge in [0.2, 0.25) is 0 Å². The molecule has 0 saturated heterocycles. The summed E-state index contributed by atoms with van der Waals surface area (Å²) in [6, 6.07) is 9.46. The number of nitrogens with one attached hydrogen (secondary N) is 1. The predicted molar refractivity (Wildman–Crippen MR) is 73.2 cm³/mol. The first-order valence-corrected chi connectivity index (χ1v) is 6.89. The molecule has 0 heterocycles. The zero-order chi connectivity index (χ0) is 11.7. The second kappa shape index (κ2) is 4.56. The maximum Gasteiger partial charge on any atom is 0.0375 e. The van der Waals surface area contributed by atoms with Crippen LogP contribution >= 0.6 is 0 Å². The number of fused-ring (bicyclic) bond motifs is 1. The number of rotatable bonds is 4. The Kier molecular flexibility index (Phi) is 2.92. The molecule has 0 bridgehead atoms. The Morgan fingerprint density at radius 1 is 1.29 bits per heavy atom. The molecule has 0 aliphatic heterocycles. The van der Waals surface area contributed by atoms with Gasteiger partial charge in [0.1, 0.15) is 0 Å². The second-order valence-corrected chi connectivity index (χ2v) is 5.39. The largest absolute Gasteiger partial charge is 0.381 e. The average molecular weight is 227 g/mol. The van der Waals surface area contributed by atoms with Crippen molar-refractivity contribution in [3.8, 4) is 0 Å². The Morgan fingerprint density at radius 2 is 2.18 bits per heavy atom. The highest BCUT2D eigenvalue weighted by Crippen LogP contribution is 2.44. The molecule has 3 atom stereocenters. The molecule has 2 aliphatic rings. The van der Waals surface area contributed by atoms with Gasteiger partial charge in [-0.25, -0.2) is 0 Å². The van der Waals surface area contributed by atoms with Gasteiger partial charge >= 0.3 is 0 Å². The summed E-state index contributed by atoms with van der Waals surface area (Å²) in [4.78, 5) is 0. The summed E-state index contributed by atoms with van der Waals surface area (Å²) >= 11 is 0. The molecule has 0 radical (unpaired) electrons. The van der Waals surface area contributed by atoms with E-state index in [1.807, 2.05) is 0 Å². The van der Waals surface area contributed by atoms with Crippen molar-refractivity contribution in [3.05, 3.63) is 42.0 Å². The number of para-hydroxylation sites is 1. The van der Waals surface area contributed by atoms with Gasteiger partial charge in [0.25, 0.3) is 0 Å². The fraction of sp³-hybridized carbons (Fsp3) is 0.500. The Hall–Kier alpha value is -1.24. The van der Waals surface area contributed by atoms with E-state index in [1.54, 1.807) is 0 Å². The Morgan fingerprint density at radius 3 is 3.00 bits per heavy atom. The third-order valence-corrected chi connectivity index (χ3v) is 4.24. The van der Waals surface area contributed by atoms with Gasteiger partial charge in [-0.1, -0.05) is 43.7 Å². The molecule has 3 rings (SSSR count). The van der Waals surface area contributed by atoms with E-state index >= 15 is 0 Å². The minimum absolute atomic E-state index is 0.678. The summed E-state index contributed by atoms with van der Waals surface area (Å²) in [5.74, 6) is 1.73. The molecule has 90 valence electrons. The lowest BCUT2D eigenvalue weighted by Gasteiger charge is -2.41. The number of anilines is 1. The van der Waals surface area contributed by atoms with Crippen LogP contribution in [-0.2, 0) is 6.42 Å². The Balaban J connectivity index is 1.70. The highest BCUT2D eigenvalue weighted by molar-refractivity contribution is 5.52. The predicted octanol–water partition coefficient (Wildman–Crippen LogP) is 4.02. The molecule has 0 amide bonds. The fourth-order valence-corrected chi connectivity index (χ4v) is 3.23. The van der Waals surface area contributed by atoms with Crippen LogP contribution in [0.3, 0.4) is 0 Å². The highest BCUT2D eigenvalue weighted by Gasteiger charge is 2.40. The number of aryl methyl sites for hydroxylation is 1. The van der Waals surface area contributed by atoms with E-state index in [0.29, 0.717) is 6.04 Å². The van der Waals surface area contributed by atoms with E-state index in [-0.39, 0.29) is 0 Å². The summed E-state index contributed by atoms with van der Waals surface area (Å²) in [6.45, 7) is 2.25. The molecule has 1 aromatic carbocycles. The molecule has 1 saturated carbocycles. The van der Waals surface area contributed by atoms with E-state index in [1.165, 1.54) is 36.9 Å². The van der Waals surface area contributed by atoms with E-state index in [0.717, 1.165) is 11.8 Å². The number of hydrogen-bond donors (Lipinski definition) is 1. The van der Waals surface area contributed by atoms with E-state index in [9.17, 15) is 0 Å². The van der Waals surface area contributed by atoms with Crippen molar-refractivity contribution in [1.29, 1.82) is 0 Å². The molecule has 1 nitrogen and oxygen atoms in total. The lowest BCUT2D eigenvalue weighted by Crippen LogP contribution is -2.43. The van der Waals surface area contributed by atoms with Gasteiger partial charge < -0.3 is 5.32 Å². The molecule has 1 aromatic rings. The Bertz CT molecular complexity index is 421. The minimum atomic E-state index is 0.678. The van der Waals surface area contributed by atoms with Crippen molar-refractivity contribution >= 4 is 5.69 Å². The van der Waals surface area contributed by atoms with Gasteiger partial charge in [-0.15, -0.1) is 0 Å². The van der Waals surface area contributed by atoms with Crippen LogP contribution in [0.1, 0.15) is 31.7 Å². The zero-order valence-corrected chi connectivity index (χ0v) is 10.5. The first-order chi connectivity index (χ1) is 8.38. The summed E-state index contributed by atoms with van der Waals surface area (Å²) < 4.78 is 0. The van der Waals surface area contributed by atoms with Crippen molar-refractivity contribution < 1.29 is 0 Å². The summed E-state index contributed by atoms with van der Waals surface area (Å²) in [5, 5.41) is 3.75. The van der Waals surface area contributed by atoms with Crippen molar-refractivity contribution in [2.45, 2.75) is 38.6 Å². The maximum atomic E-state index is 3.75. The number of hydrogen-bond acceptors (Lipinski definition) is 1. The Labute approximate surface area is 104 Å². The van der Waals surface area contributed by atoms with Crippen molar-refractivity contribution in [2.75, 3.05) is 5.32 Å². The molecule has 3 unspecified atom stereocenters. The van der Waals surface area contributed by atoms with Gasteiger partial charge in [-0.3, -0.25) is 0 Å². The van der Waals surface area contributed by atoms with Crippen LogP contribution in [0.15, 0.2) is 36.4 Å². The smallest absolute Gasteiger partial charge is 0.0375 e. The topological polar surface area (TPSA) is 12.0 Å². The summed E-state index contributed by atoms with van der Waals surface area (Å²) in [6.07, 6.45) is 9.82. The first-order valence-electron chi connectivity index (χ1n) is 6.89. The van der Waals surface area contributed by atoms with E-state index < -0.39 is 0 Å². The molecule has 2 aliphatic carbocycles. The molecule has 1 N–H and O–H groups in total. The molecule has 1 fully saturated rings. The van der Waals surface area contributed by atoms with Crippen LogP contribution in [0.4, 0.5) is 5.69 Å². The third kappa shape index (κ3) is 1.99. The summed E-state index contributed by atoms with van der Waals surface area (Å²) in [5.41, 5.74) is 2.83. The van der Waals surface area contributed by atoms with Crippen LogP contribution < -0.4 is 5.32 Å². The van der Waals surface area contributed by atoms with Crippen LogP contribution in [0, 0.1) is 11.8 Å². The van der Waals surface area contributed by atoms with Crippen LogP contribution in [-0.4, -0.2) is 6.04 Å². The minimum Gasteiger partial charge on any atom is -0.381 e.